The summed E-state index contributed by atoms with van der Waals surface area (Å²) in [5.41, 5.74) is -0.803. The van der Waals surface area contributed by atoms with Crippen molar-refractivity contribution in [3.8, 4) is 11.5 Å². The van der Waals surface area contributed by atoms with Crippen LogP contribution in [0.25, 0.3) is 0 Å². The van der Waals surface area contributed by atoms with E-state index in [4.69, 9.17) is 4.74 Å². The van der Waals surface area contributed by atoms with E-state index in [1.165, 1.54) is 18.2 Å². The van der Waals surface area contributed by atoms with Crippen LogP contribution in [0.4, 0.5) is 4.79 Å². The molecule has 1 aliphatic rings. The number of ether oxygens (including phenoxy) is 1. The van der Waals surface area contributed by atoms with Gasteiger partial charge in [-0.1, -0.05) is 6.07 Å². The number of piperidine rings is 1. The molecule has 1 saturated heterocycles. The fraction of sp³-hybridized carbons (Fsp3) is 0.526. The lowest BCUT2D eigenvalue weighted by molar-refractivity contribution is -0.123. The first-order valence-corrected chi connectivity index (χ1v) is 8.63. The highest BCUT2D eigenvalue weighted by molar-refractivity contribution is 6.11. The van der Waals surface area contributed by atoms with Gasteiger partial charge in [0.25, 0.3) is 0 Å². The molecule has 26 heavy (non-hydrogen) atoms. The molecule has 0 saturated carbocycles. The molecule has 2 rings (SSSR count). The summed E-state index contributed by atoms with van der Waals surface area (Å²) in [6.07, 6.45) is 0.122. The SMILES string of the molecule is CC(C)(C)OC(=O)N1CCC(C(=O)CC(=O)c2c(O)cccc2O)CC1. The maximum atomic E-state index is 12.4. The zero-order chi connectivity index (χ0) is 19.5. The molecule has 1 aromatic carbocycles. The maximum absolute atomic E-state index is 12.4. The van der Waals surface area contributed by atoms with Crippen molar-refractivity contribution in [3.63, 3.8) is 0 Å². The van der Waals surface area contributed by atoms with E-state index in [1.807, 2.05) is 0 Å². The van der Waals surface area contributed by atoms with E-state index in [2.05, 4.69) is 0 Å². The number of rotatable bonds is 4. The molecule has 0 radical (unpaired) electrons. The first-order valence-electron chi connectivity index (χ1n) is 8.63. The molecule has 1 amide bonds. The number of amides is 1. The van der Waals surface area contributed by atoms with Gasteiger partial charge in [0.15, 0.2) is 5.78 Å². The summed E-state index contributed by atoms with van der Waals surface area (Å²) in [5.74, 6) is -1.88. The summed E-state index contributed by atoms with van der Waals surface area (Å²) >= 11 is 0. The Morgan fingerprint density at radius 2 is 1.65 bits per heavy atom. The number of nitrogens with zero attached hydrogens (tertiary/aromatic N) is 1. The molecule has 0 spiro atoms. The van der Waals surface area contributed by atoms with Crippen molar-refractivity contribution in [3.05, 3.63) is 23.8 Å². The van der Waals surface area contributed by atoms with E-state index in [1.54, 1.807) is 25.7 Å². The third-order valence-electron chi connectivity index (χ3n) is 4.24. The second kappa shape index (κ2) is 7.76. The number of likely N-dealkylation sites (tertiary alicyclic amines) is 1. The average Bonchev–Trinajstić information content (AvgIpc) is 2.53. The molecule has 1 heterocycles. The second-order valence-electron chi connectivity index (χ2n) is 7.48. The van der Waals surface area contributed by atoms with Crippen molar-refractivity contribution in [1.82, 2.24) is 4.90 Å². The van der Waals surface area contributed by atoms with Crippen LogP contribution in [0, 0.1) is 5.92 Å². The summed E-state index contributed by atoms with van der Waals surface area (Å²) < 4.78 is 5.31. The van der Waals surface area contributed by atoms with Crippen LogP contribution in [0.15, 0.2) is 18.2 Å². The van der Waals surface area contributed by atoms with Crippen LogP contribution in [0.3, 0.4) is 0 Å². The molecule has 1 aromatic rings. The lowest BCUT2D eigenvalue weighted by Gasteiger charge is -2.32. The van der Waals surface area contributed by atoms with Gasteiger partial charge in [0.05, 0.1) is 6.42 Å². The first-order chi connectivity index (χ1) is 12.1. The highest BCUT2D eigenvalue weighted by Crippen LogP contribution is 2.29. The van der Waals surface area contributed by atoms with Gasteiger partial charge in [0.2, 0.25) is 0 Å². The predicted molar refractivity (Wildman–Crippen MR) is 94.3 cm³/mol. The van der Waals surface area contributed by atoms with Crippen molar-refractivity contribution in [2.75, 3.05) is 13.1 Å². The molecule has 142 valence electrons. The molecule has 0 atom stereocenters. The number of Topliss-reactive ketones (excluding diaryl/α,β-unsaturated/α-hetero) is 2. The number of carbonyl (C=O) groups is 3. The Labute approximate surface area is 152 Å². The summed E-state index contributed by atoms with van der Waals surface area (Å²) in [7, 11) is 0. The van der Waals surface area contributed by atoms with Crippen LogP contribution < -0.4 is 0 Å². The van der Waals surface area contributed by atoms with Crippen molar-refractivity contribution < 1.29 is 29.3 Å². The van der Waals surface area contributed by atoms with E-state index in [0.29, 0.717) is 25.9 Å². The van der Waals surface area contributed by atoms with Crippen molar-refractivity contribution in [1.29, 1.82) is 0 Å². The Balaban J connectivity index is 1.91. The molecule has 0 unspecified atom stereocenters. The van der Waals surface area contributed by atoms with Crippen LogP contribution in [-0.4, -0.2) is 51.5 Å². The number of aromatic hydroxyl groups is 2. The Morgan fingerprint density at radius 1 is 1.12 bits per heavy atom. The number of benzene rings is 1. The normalized spacial score (nSPS) is 15.6. The Morgan fingerprint density at radius 3 is 2.15 bits per heavy atom. The van der Waals surface area contributed by atoms with Crippen LogP contribution in [-0.2, 0) is 9.53 Å². The van der Waals surface area contributed by atoms with Crippen LogP contribution >= 0.6 is 0 Å². The van der Waals surface area contributed by atoms with Crippen LogP contribution in [0.5, 0.6) is 11.5 Å². The van der Waals surface area contributed by atoms with E-state index in [-0.39, 0.29) is 35.2 Å². The molecule has 0 aliphatic carbocycles. The largest absolute Gasteiger partial charge is 0.507 e. The monoisotopic (exact) mass is 363 g/mol. The minimum Gasteiger partial charge on any atom is -0.507 e. The predicted octanol–water partition coefficient (Wildman–Crippen LogP) is 2.89. The van der Waals surface area contributed by atoms with E-state index < -0.39 is 17.5 Å². The zero-order valence-corrected chi connectivity index (χ0v) is 15.3. The summed E-state index contributed by atoms with van der Waals surface area (Å²) in [4.78, 5) is 38.2. The fourth-order valence-corrected chi connectivity index (χ4v) is 2.92. The quantitative estimate of drug-likeness (QED) is 0.630. The Kier molecular flexibility index (Phi) is 5.90. The van der Waals surface area contributed by atoms with E-state index in [0.717, 1.165) is 0 Å². The van der Waals surface area contributed by atoms with Crippen molar-refractivity contribution >= 4 is 17.7 Å². The Bertz CT molecular complexity index is 678. The number of hydrogen-bond donors (Lipinski definition) is 2. The summed E-state index contributed by atoms with van der Waals surface area (Å²) in [5, 5.41) is 19.4. The third kappa shape index (κ3) is 4.97. The number of carbonyl (C=O) groups excluding carboxylic acids is 3. The van der Waals surface area contributed by atoms with E-state index in [9.17, 15) is 24.6 Å². The number of phenols is 2. The van der Waals surface area contributed by atoms with Gasteiger partial charge >= 0.3 is 6.09 Å². The van der Waals surface area contributed by atoms with Crippen LogP contribution in [0.2, 0.25) is 0 Å². The molecule has 0 aromatic heterocycles. The lowest BCUT2D eigenvalue weighted by Crippen LogP contribution is -2.43. The van der Waals surface area contributed by atoms with Gasteiger partial charge in [-0.15, -0.1) is 0 Å². The standard InChI is InChI=1S/C19H25NO6/c1-19(2,3)26-18(25)20-9-7-12(8-10-20)15(23)11-16(24)17-13(21)5-4-6-14(17)22/h4-6,12,21-22H,7-11H2,1-3H3. The first kappa shape index (κ1) is 19.8. The number of hydrogen-bond acceptors (Lipinski definition) is 6. The molecule has 7 heteroatoms. The smallest absolute Gasteiger partial charge is 0.410 e. The molecular formula is C19H25NO6. The molecule has 7 nitrogen and oxygen atoms in total. The molecule has 1 aliphatic heterocycles. The average molecular weight is 363 g/mol. The van der Waals surface area contributed by atoms with Gasteiger partial charge in [-0.2, -0.15) is 0 Å². The van der Waals surface area contributed by atoms with E-state index >= 15 is 0 Å². The molecular weight excluding hydrogens is 338 g/mol. The van der Waals surface area contributed by atoms with Gasteiger partial charge in [-0.3, -0.25) is 9.59 Å². The molecule has 0 bridgehead atoms. The highest BCUT2D eigenvalue weighted by Gasteiger charge is 2.31. The third-order valence-corrected chi connectivity index (χ3v) is 4.24. The summed E-state index contributed by atoms with van der Waals surface area (Å²) in [6, 6.07) is 3.99. The fourth-order valence-electron chi connectivity index (χ4n) is 2.92. The number of ketones is 2. The highest BCUT2D eigenvalue weighted by atomic mass is 16.6. The second-order valence-corrected chi connectivity index (χ2v) is 7.48. The lowest BCUT2D eigenvalue weighted by atomic mass is 9.89. The zero-order valence-electron chi connectivity index (χ0n) is 15.3. The molecule has 2 N–H and O–H groups in total. The molecule has 1 fully saturated rings. The minimum absolute atomic E-state index is 0.230. The van der Waals surface area contributed by atoms with Gasteiger partial charge in [-0.05, 0) is 45.7 Å². The topological polar surface area (TPSA) is 104 Å². The maximum Gasteiger partial charge on any atom is 0.410 e. The number of phenolic OH excluding ortho intramolecular Hbond substituents is 2. The van der Waals surface area contributed by atoms with Gasteiger partial charge in [0, 0.05) is 19.0 Å². The van der Waals surface area contributed by atoms with Gasteiger partial charge in [-0.25, -0.2) is 4.79 Å². The summed E-state index contributed by atoms with van der Waals surface area (Å²) in [6.45, 7) is 6.16. The van der Waals surface area contributed by atoms with Gasteiger partial charge in [0.1, 0.15) is 28.4 Å². The minimum atomic E-state index is -0.611. The van der Waals surface area contributed by atoms with Crippen molar-refractivity contribution in [2.45, 2.75) is 45.6 Å². The van der Waals surface area contributed by atoms with Crippen molar-refractivity contribution in [2.24, 2.45) is 5.92 Å². The van der Waals surface area contributed by atoms with Gasteiger partial charge < -0.3 is 19.8 Å². The van der Waals surface area contributed by atoms with Crippen LogP contribution in [0.1, 0.15) is 50.4 Å². The Hall–Kier alpha value is -2.57.